The van der Waals surface area contributed by atoms with Crippen molar-refractivity contribution in [2.45, 2.75) is 37.6 Å². The SMILES string of the molecule is COc1ccc(CNC(=O)[C@]2(Cc3ccccc3CN=[N+]=[N-])N=C(c3ccc(OCCCO)cc3)O[C@@H]2c2ccc(-c3ccccc3)cc2)cc1OC. The Hall–Kier alpha value is -6.29. The van der Waals surface area contributed by atoms with Crippen molar-refractivity contribution in [1.29, 1.82) is 0 Å². The maximum absolute atomic E-state index is 14.9. The van der Waals surface area contributed by atoms with E-state index < -0.39 is 11.6 Å². The van der Waals surface area contributed by atoms with Gasteiger partial charge in [-0.1, -0.05) is 90.0 Å². The molecule has 0 unspecified atom stereocenters. The van der Waals surface area contributed by atoms with Gasteiger partial charge in [-0.2, -0.15) is 0 Å². The Kier molecular flexibility index (Phi) is 11.9. The third-order valence-electron chi connectivity index (χ3n) is 9.13. The molecule has 53 heavy (non-hydrogen) atoms. The number of carbonyl (C=O) groups excluding carboxylic acids is 1. The normalized spacial score (nSPS) is 16.1. The number of carbonyl (C=O) groups is 1. The molecular weight excluding hydrogens is 670 g/mol. The molecule has 5 aromatic rings. The maximum Gasteiger partial charge on any atom is 0.252 e. The molecule has 1 heterocycles. The Morgan fingerprint density at radius 3 is 2.25 bits per heavy atom. The van der Waals surface area contributed by atoms with Crippen LogP contribution < -0.4 is 19.5 Å². The fourth-order valence-electron chi connectivity index (χ4n) is 6.37. The van der Waals surface area contributed by atoms with Crippen molar-refractivity contribution in [2.24, 2.45) is 10.1 Å². The summed E-state index contributed by atoms with van der Waals surface area (Å²) in [6, 6.07) is 38.4. The number of aliphatic hydroxyl groups is 1. The van der Waals surface area contributed by atoms with Gasteiger partial charge >= 0.3 is 0 Å². The maximum atomic E-state index is 14.9. The number of aliphatic hydroxyl groups excluding tert-OH is 1. The fourth-order valence-corrected chi connectivity index (χ4v) is 6.37. The molecule has 0 fully saturated rings. The smallest absolute Gasteiger partial charge is 0.252 e. The number of azide groups is 1. The molecule has 0 aliphatic carbocycles. The van der Waals surface area contributed by atoms with Gasteiger partial charge in [-0.05, 0) is 75.3 Å². The second-order valence-electron chi connectivity index (χ2n) is 12.5. The Balaban J connectivity index is 1.44. The number of nitrogens with one attached hydrogen (secondary N) is 1. The minimum atomic E-state index is -1.48. The molecule has 0 spiro atoms. The van der Waals surface area contributed by atoms with E-state index in [2.05, 4.69) is 15.3 Å². The van der Waals surface area contributed by atoms with Gasteiger partial charge in [-0.3, -0.25) is 4.79 Å². The molecule has 2 atom stereocenters. The van der Waals surface area contributed by atoms with E-state index in [4.69, 9.17) is 34.6 Å². The van der Waals surface area contributed by atoms with Crippen LogP contribution in [0.25, 0.3) is 21.6 Å². The average Bonchev–Trinajstić information content (AvgIpc) is 3.60. The van der Waals surface area contributed by atoms with Crippen LogP contribution in [0.2, 0.25) is 0 Å². The summed E-state index contributed by atoms with van der Waals surface area (Å²) in [5, 5.41) is 16.1. The Morgan fingerprint density at radius 1 is 0.868 bits per heavy atom. The van der Waals surface area contributed by atoms with E-state index in [1.807, 2.05) is 115 Å². The first-order chi connectivity index (χ1) is 26.0. The van der Waals surface area contributed by atoms with Crippen molar-refractivity contribution in [3.05, 3.63) is 160 Å². The molecule has 2 N–H and O–H groups in total. The third-order valence-corrected chi connectivity index (χ3v) is 9.13. The summed E-state index contributed by atoms with van der Waals surface area (Å²) in [7, 11) is 3.14. The van der Waals surface area contributed by atoms with Crippen LogP contribution in [0.3, 0.4) is 0 Å². The van der Waals surface area contributed by atoms with E-state index in [0.717, 1.165) is 33.4 Å². The standard InChI is InChI=1S/C42H41N5O6/c1-50-37-22-13-29(25-38(37)51-2)27-44-41(49)42(26-34-11-6-7-12-35(34)28-45-47-43)39(32-16-14-31(15-17-32)30-9-4-3-5-10-30)53-40(46-42)33-18-20-36(21-19-33)52-24-8-23-48/h3-7,9-22,25,39,48H,8,23-24,26-28H2,1-2H3,(H,44,49)/t39-,42-/m1/s1. The summed E-state index contributed by atoms with van der Waals surface area (Å²) in [5.41, 5.74) is 13.6. The molecule has 270 valence electrons. The predicted molar refractivity (Wildman–Crippen MR) is 203 cm³/mol. The number of amides is 1. The first-order valence-electron chi connectivity index (χ1n) is 17.3. The highest BCUT2D eigenvalue weighted by Gasteiger charge is 2.53. The minimum absolute atomic E-state index is 0.0403. The molecule has 1 aliphatic rings. The summed E-state index contributed by atoms with van der Waals surface area (Å²) >= 11 is 0. The van der Waals surface area contributed by atoms with E-state index in [1.54, 1.807) is 20.3 Å². The van der Waals surface area contributed by atoms with Crippen LogP contribution in [0.5, 0.6) is 17.2 Å². The number of nitrogens with zero attached hydrogens (tertiary/aromatic N) is 4. The fraction of sp³-hybridized carbons (Fsp3) is 0.238. The van der Waals surface area contributed by atoms with E-state index in [-0.39, 0.29) is 32.0 Å². The highest BCUT2D eigenvalue weighted by Crippen LogP contribution is 2.43. The lowest BCUT2D eigenvalue weighted by atomic mass is 9.80. The first kappa shape index (κ1) is 36.5. The van der Waals surface area contributed by atoms with Crippen LogP contribution in [-0.2, 0) is 29.0 Å². The number of benzene rings is 5. The second kappa shape index (κ2) is 17.3. The van der Waals surface area contributed by atoms with Gasteiger partial charge in [0.15, 0.2) is 23.1 Å². The first-order valence-corrected chi connectivity index (χ1v) is 17.3. The number of methoxy groups -OCH3 is 2. The molecule has 11 heteroatoms. The highest BCUT2D eigenvalue weighted by atomic mass is 16.5. The zero-order chi connectivity index (χ0) is 37.0. The average molecular weight is 712 g/mol. The molecule has 0 bridgehead atoms. The van der Waals surface area contributed by atoms with Gasteiger partial charge in [0, 0.05) is 36.5 Å². The molecule has 0 aromatic heterocycles. The van der Waals surface area contributed by atoms with Gasteiger partial charge in [0.25, 0.3) is 5.91 Å². The lowest BCUT2D eigenvalue weighted by molar-refractivity contribution is -0.129. The summed E-state index contributed by atoms with van der Waals surface area (Å²) < 4.78 is 23.4. The largest absolute Gasteiger partial charge is 0.494 e. The van der Waals surface area contributed by atoms with Crippen molar-refractivity contribution in [2.75, 3.05) is 27.4 Å². The lowest BCUT2D eigenvalue weighted by Gasteiger charge is -2.31. The summed E-state index contributed by atoms with van der Waals surface area (Å²) in [5.74, 6) is 1.73. The molecule has 0 saturated heterocycles. The minimum Gasteiger partial charge on any atom is -0.494 e. The van der Waals surface area contributed by atoms with Crippen molar-refractivity contribution < 1.29 is 28.8 Å². The lowest BCUT2D eigenvalue weighted by Crippen LogP contribution is -2.49. The van der Waals surface area contributed by atoms with Crippen LogP contribution in [0.1, 0.15) is 40.3 Å². The van der Waals surface area contributed by atoms with E-state index in [0.29, 0.717) is 41.7 Å². The van der Waals surface area contributed by atoms with Crippen molar-refractivity contribution in [3.63, 3.8) is 0 Å². The van der Waals surface area contributed by atoms with Crippen LogP contribution in [0.15, 0.2) is 131 Å². The zero-order valence-electron chi connectivity index (χ0n) is 29.6. The van der Waals surface area contributed by atoms with Crippen LogP contribution in [0, 0.1) is 0 Å². The van der Waals surface area contributed by atoms with Gasteiger partial charge in [0.05, 0.1) is 27.4 Å². The monoisotopic (exact) mass is 711 g/mol. The third kappa shape index (κ3) is 8.44. The van der Waals surface area contributed by atoms with Crippen molar-refractivity contribution >= 4 is 11.8 Å². The number of aliphatic imine (C=N–C) groups is 1. The van der Waals surface area contributed by atoms with Crippen molar-refractivity contribution in [3.8, 4) is 28.4 Å². The van der Waals surface area contributed by atoms with Gasteiger partial charge in [0.1, 0.15) is 5.75 Å². The molecule has 1 aliphatic heterocycles. The van der Waals surface area contributed by atoms with Crippen LogP contribution in [0.4, 0.5) is 0 Å². The Labute approximate surface area is 308 Å². The van der Waals surface area contributed by atoms with Gasteiger partial charge in [-0.15, -0.1) is 0 Å². The van der Waals surface area contributed by atoms with Crippen LogP contribution >= 0.6 is 0 Å². The topological polar surface area (TPSA) is 147 Å². The highest BCUT2D eigenvalue weighted by molar-refractivity contribution is 6.01. The number of ether oxygens (including phenoxy) is 4. The van der Waals surface area contributed by atoms with E-state index in [1.165, 1.54) is 0 Å². The summed E-state index contributed by atoms with van der Waals surface area (Å²) in [4.78, 5) is 23.1. The van der Waals surface area contributed by atoms with E-state index in [9.17, 15) is 4.79 Å². The molecule has 5 aromatic carbocycles. The number of rotatable bonds is 16. The molecule has 0 saturated carbocycles. The van der Waals surface area contributed by atoms with Crippen molar-refractivity contribution in [1.82, 2.24) is 5.32 Å². The number of hydrogen-bond acceptors (Lipinski definition) is 8. The predicted octanol–water partition coefficient (Wildman–Crippen LogP) is 7.76. The van der Waals surface area contributed by atoms with Crippen LogP contribution in [-0.4, -0.2) is 49.9 Å². The van der Waals surface area contributed by atoms with E-state index >= 15 is 0 Å². The Morgan fingerprint density at radius 2 is 1.55 bits per heavy atom. The summed E-state index contributed by atoms with van der Waals surface area (Å²) in [6.45, 7) is 0.721. The molecule has 0 radical (unpaired) electrons. The zero-order valence-corrected chi connectivity index (χ0v) is 29.6. The van der Waals surface area contributed by atoms with Gasteiger partial charge in [0.2, 0.25) is 5.90 Å². The molecule has 1 amide bonds. The molecule has 11 nitrogen and oxygen atoms in total. The van der Waals surface area contributed by atoms with Gasteiger partial charge < -0.3 is 29.4 Å². The van der Waals surface area contributed by atoms with Gasteiger partial charge in [-0.25, -0.2) is 4.99 Å². The number of hydrogen-bond donors (Lipinski definition) is 2. The summed E-state index contributed by atoms with van der Waals surface area (Å²) in [6.07, 6.45) is -0.163. The quantitative estimate of drug-likeness (QED) is 0.0463. The Bertz CT molecular complexity index is 2080. The molecular formula is C42H41N5O6. The second-order valence-corrected chi connectivity index (χ2v) is 12.5. The molecule has 6 rings (SSSR count).